The number of aromatic nitrogens is 2. The van der Waals surface area contributed by atoms with Crippen molar-refractivity contribution in [2.75, 3.05) is 52.5 Å². The Labute approximate surface area is 193 Å². The molecule has 0 N–H and O–H groups in total. The summed E-state index contributed by atoms with van der Waals surface area (Å²) in [6.45, 7) is 4.90. The molecule has 2 fully saturated rings. The lowest BCUT2D eigenvalue weighted by Crippen LogP contribution is -2.48. The van der Waals surface area contributed by atoms with Crippen LogP contribution in [0.4, 0.5) is 0 Å². The van der Waals surface area contributed by atoms with Gasteiger partial charge in [-0.3, -0.25) is 9.69 Å². The minimum absolute atomic E-state index is 0.0677. The lowest BCUT2D eigenvalue weighted by Gasteiger charge is -2.32. The van der Waals surface area contributed by atoms with Crippen LogP contribution < -0.4 is 0 Å². The van der Waals surface area contributed by atoms with E-state index in [4.69, 9.17) is 9.26 Å². The molecular formula is C18H24BrN5O5S2. The number of carbonyl (C=O) groups is 1. The van der Waals surface area contributed by atoms with E-state index in [0.717, 1.165) is 3.79 Å². The summed E-state index contributed by atoms with van der Waals surface area (Å²) in [6, 6.07) is 3.37. The SMILES string of the molecule is O=C(CCc1nc(CN2CCN(S(=O)(=O)c3ccc(Br)s3)CC2)no1)N1CCOCC1. The van der Waals surface area contributed by atoms with Crippen LogP contribution in [0.5, 0.6) is 0 Å². The largest absolute Gasteiger partial charge is 0.378 e. The topological polar surface area (TPSA) is 109 Å². The molecule has 0 spiro atoms. The van der Waals surface area contributed by atoms with E-state index in [0.29, 0.717) is 87.8 Å². The van der Waals surface area contributed by atoms with Gasteiger partial charge in [0.05, 0.1) is 23.5 Å². The van der Waals surface area contributed by atoms with E-state index in [-0.39, 0.29) is 5.91 Å². The Kier molecular flexibility index (Phi) is 7.39. The highest BCUT2D eigenvalue weighted by Crippen LogP contribution is 2.29. The van der Waals surface area contributed by atoms with Gasteiger partial charge in [0.15, 0.2) is 5.82 Å². The monoisotopic (exact) mass is 533 g/mol. The second kappa shape index (κ2) is 10.0. The molecule has 4 rings (SSSR count). The number of sulfonamides is 1. The molecule has 10 nitrogen and oxygen atoms in total. The number of rotatable bonds is 7. The van der Waals surface area contributed by atoms with Crippen LogP contribution in [0.2, 0.25) is 0 Å². The van der Waals surface area contributed by atoms with Gasteiger partial charge < -0.3 is 14.2 Å². The summed E-state index contributed by atoms with van der Waals surface area (Å²) in [5, 5.41) is 4.01. The summed E-state index contributed by atoms with van der Waals surface area (Å²) in [5.41, 5.74) is 0. The highest BCUT2D eigenvalue weighted by atomic mass is 79.9. The van der Waals surface area contributed by atoms with Crippen LogP contribution in [0.3, 0.4) is 0 Å². The van der Waals surface area contributed by atoms with E-state index in [2.05, 4.69) is 31.0 Å². The van der Waals surface area contributed by atoms with E-state index in [1.165, 1.54) is 15.6 Å². The van der Waals surface area contributed by atoms with Crippen molar-refractivity contribution in [3.63, 3.8) is 0 Å². The number of morpholine rings is 1. The number of ether oxygens (including phenoxy) is 1. The minimum Gasteiger partial charge on any atom is -0.378 e. The molecule has 0 atom stereocenters. The maximum absolute atomic E-state index is 12.7. The highest BCUT2D eigenvalue weighted by molar-refractivity contribution is 9.11. The second-order valence-corrected chi connectivity index (χ2v) is 12.0. The molecule has 2 aromatic rings. The van der Waals surface area contributed by atoms with E-state index in [9.17, 15) is 13.2 Å². The first kappa shape index (κ1) is 22.8. The molecular weight excluding hydrogens is 510 g/mol. The molecule has 2 aromatic heterocycles. The molecule has 170 valence electrons. The van der Waals surface area contributed by atoms with Gasteiger partial charge in [-0.1, -0.05) is 5.16 Å². The molecule has 0 aliphatic carbocycles. The van der Waals surface area contributed by atoms with E-state index in [1.54, 1.807) is 17.0 Å². The van der Waals surface area contributed by atoms with Crippen LogP contribution in [0, 0.1) is 0 Å². The predicted molar refractivity (Wildman–Crippen MR) is 116 cm³/mol. The minimum atomic E-state index is -3.46. The summed E-state index contributed by atoms with van der Waals surface area (Å²) in [4.78, 5) is 20.5. The van der Waals surface area contributed by atoms with Gasteiger partial charge in [0.25, 0.3) is 10.0 Å². The molecule has 4 heterocycles. The van der Waals surface area contributed by atoms with Gasteiger partial charge in [0.2, 0.25) is 11.8 Å². The molecule has 0 saturated carbocycles. The first-order valence-corrected chi connectivity index (χ1v) is 13.1. The number of nitrogens with zero attached hydrogens (tertiary/aromatic N) is 5. The van der Waals surface area contributed by atoms with Crippen molar-refractivity contribution in [2.45, 2.75) is 23.6 Å². The highest BCUT2D eigenvalue weighted by Gasteiger charge is 2.30. The molecule has 0 unspecified atom stereocenters. The number of hydrogen-bond acceptors (Lipinski definition) is 9. The van der Waals surface area contributed by atoms with Crippen LogP contribution in [-0.2, 0) is 32.5 Å². The predicted octanol–water partition coefficient (Wildman–Crippen LogP) is 1.19. The lowest BCUT2D eigenvalue weighted by molar-refractivity contribution is -0.135. The van der Waals surface area contributed by atoms with Crippen molar-refractivity contribution in [2.24, 2.45) is 0 Å². The summed E-state index contributed by atoms with van der Waals surface area (Å²) < 4.78 is 38.7. The quantitative estimate of drug-likeness (QED) is 0.522. The molecule has 0 bridgehead atoms. The van der Waals surface area contributed by atoms with Crippen molar-refractivity contribution in [1.29, 1.82) is 0 Å². The maximum atomic E-state index is 12.7. The molecule has 0 radical (unpaired) electrons. The van der Waals surface area contributed by atoms with Crippen molar-refractivity contribution >= 4 is 43.2 Å². The van der Waals surface area contributed by atoms with Crippen LogP contribution in [0.15, 0.2) is 24.7 Å². The van der Waals surface area contributed by atoms with Crippen LogP contribution in [0.1, 0.15) is 18.1 Å². The Morgan fingerprint density at radius 1 is 1.13 bits per heavy atom. The Morgan fingerprint density at radius 3 is 2.55 bits per heavy atom. The molecule has 1 amide bonds. The van der Waals surface area contributed by atoms with Crippen LogP contribution in [0.25, 0.3) is 0 Å². The first-order chi connectivity index (χ1) is 14.9. The molecule has 2 aliphatic heterocycles. The van der Waals surface area contributed by atoms with Gasteiger partial charge >= 0.3 is 0 Å². The maximum Gasteiger partial charge on any atom is 0.252 e. The Balaban J connectivity index is 1.24. The number of piperazine rings is 1. The fourth-order valence-corrected chi connectivity index (χ4v) is 7.12. The standard InChI is InChI=1S/C18H24BrN5O5S2/c19-14-1-4-18(30-14)31(26,27)24-7-5-22(6-8-24)13-15-20-16(29-21-15)2-3-17(25)23-9-11-28-12-10-23/h1,4H,2-3,5-13H2. The zero-order chi connectivity index (χ0) is 21.8. The summed E-state index contributed by atoms with van der Waals surface area (Å²) in [5.74, 6) is 1.06. The Morgan fingerprint density at radius 2 is 1.87 bits per heavy atom. The zero-order valence-corrected chi connectivity index (χ0v) is 20.1. The Bertz CT molecular complexity index is 997. The molecule has 0 aromatic carbocycles. The first-order valence-electron chi connectivity index (χ1n) is 10.1. The van der Waals surface area contributed by atoms with Crippen molar-refractivity contribution in [1.82, 2.24) is 24.2 Å². The van der Waals surface area contributed by atoms with Crippen LogP contribution >= 0.6 is 27.3 Å². The van der Waals surface area contributed by atoms with Crippen molar-refractivity contribution in [3.05, 3.63) is 27.6 Å². The number of aryl methyl sites for hydroxylation is 1. The average Bonchev–Trinajstić information content (AvgIpc) is 3.42. The van der Waals surface area contributed by atoms with Gasteiger partial charge in [0.1, 0.15) is 4.21 Å². The molecule has 2 saturated heterocycles. The van der Waals surface area contributed by atoms with Gasteiger partial charge in [-0.25, -0.2) is 8.42 Å². The summed E-state index contributed by atoms with van der Waals surface area (Å²) in [6.07, 6.45) is 0.739. The number of halogens is 1. The number of thiophene rings is 1. The average molecular weight is 534 g/mol. The van der Waals surface area contributed by atoms with E-state index in [1.807, 2.05) is 0 Å². The van der Waals surface area contributed by atoms with Crippen molar-refractivity contribution < 1.29 is 22.5 Å². The fourth-order valence-electron chi connectivity index (χ4n) is 3.53. The van der Waals surface area contributed by atoms with E-state index >= 15 is 0 Å². The fraction of sp³-hybridized carbons (Fsp3) is 0.611. The zero-order valence-electron chi connectivity index (χ0n) is 16.9. The normalized spacial score (nSPS) is 19.1. The van der Waals surface area contributed by atoms with Gasteiger partial charge in [-0.05, 0) is 28.1 Å². The third kappa shape index (κ3) is 5.71. The lowest BCUT2D eigenvalue weighted by atomic mass is 10.2. The third-order valence-corrected chi connectivity index (χ3v) is 9.26. The number of carbonyl (C=O) groups excluding carboxylic acids is 1. The number of amides is 1. The Hall–Kier alpha value is -1.38. The molecule has 2 aliphatic rings. The smallest absolute Gasteiger partial charge is 0.252 e. The van der Waals surface area contributed by atoms with E-state index < -0.39 is 10.0 Å². The summed E-state index contributed by atoms with van der Waals surface area (Å²) >= 11 is 4.53. The van der Waals surface area contributed by atoms with Crippen LogP contribution in [-0.4, -0.2) is 91.1 Å². The van der Waals surface area contributed by atoms with Gasteiger partial charge in [-0.15, -0.1) is 11.3 Å². The third-order valence-electron chi connectivity index (χ3n) is 5.27. The number of hydrogen-bond donors (Lipinski definition) is 0. The van der Waals surface area contributed by atoms with Gasteiger partial charge in [-0.2, -0.15) is 9.29 Å². The molecule has 31 heavy (non-hydrogen) atoms. The van der Waals surface area contributed by atoms with Gasteiger partial charge in [0, 0.05) is 52.1 Å². The van der Waals surface area contributed by atoms with Crippen molar-refractivity contribution in [3.8, 4) is 0 Å². The second-order valence-electron chi connectivity index (χ2n) is 7.34. The summed E-state index contributed by atoms with van der Waals surface area (Å²) in [7, 11) is -3.46. The molecule has 13 heteroatoms.